The molecule has 0 saturated carbocycles. The van der Waals surface area contributed by atoms with E-state index >= 15 is 0 Å². The van der Waals surface area contributed by atoms with Gasteiger partial charge in [0.05, 0.1) is 5.39 Å². The van der Waals surface area contributed by atoms with Crippen molar-refractivity contribution in [2.75, 3.05) is 0 Å². The number of thiophene rings is 1. The maximum atomic E-state index is 12.5. The molecule has 132 valence electrons. The minimum atomic E-state index is -0.479. The third-order valence-electron chi connectivity index (χ3n) is 4.32. The summed E-state index contributed by atoms with van der Waals surface area (Å²) in [5, 5.41) is 0.669. The van der Waals surface area contributed by atoms with Gasteiger partial charge in [0.2, 0.25) is 0 Å². The molecule has 3 aromatic heterocycles. The van der Waals surface area contributed by atoms with E-state index in [4.69, 9.17) is 4.74 Å². The highest BCUT2D eigenvalue weighted by molar-refractivity contribution is 7.18. The highest BCUT2D eigenvalue weighted by Gasteiger charge is 2.17. The molecule has 3 heterocycles. The number of aryl methyl sites for hydroxylation is 1. The molecule has 0 aliphatic carbocycles. The predicted molar refractivity (Wildman–Crippen MR) is 98.0 cm³/mol. The summed E-state index contributed by atoms with van der Waals surface area (Å²) in [6.45, 7) is 6.28. The first-order chi connectivity index (χ1) is 12.0. The molecule has 2 N–H and O–H groups in total. The van der Waals surface area contributed by atoms with E-state index in [9.17, 15) is 9.59 Å². The summed E-state index contributed by atoms with van der Waals surface area (Å²) in [5.74, 6) is 0.388. The van der Waals surface area contributed by atoms with Crippen molar-refractivity contribution in [3.05, 3.63) is 50.6 Å². The Bertz CT molecular complexity index is 941. The predicted octanol–water partition coefficient (Wildman–Crippen LogP) is 3.57. The Balaban J connectivity index is 1.85. The number of carbonyl (C=O) groups excluding carboxylic acids is 1. The number of esters is 1. The Morgan fingerprint density at radius 3 is 2.92 bits per heavy atom. The monoisotopic (exact) mass is 359 g/mol. The van der Waals surface area contributed by atoms with E-state index in [0.29, 0.717) is 27.7 Å². The van der Waals surface area contributed by atoms with Crippen LogP contribution in [0.2, 0.25) is 0 Å². The summed E-state index contributed by atoms with van der Waals surface area (Å²) in [4.78, 5) is 36.2. The van der Waals surface area contributed by atoms with Gasteiger partial charge in [0.25, 0.3) is 5.56 Å². The number of carbonyl (C=O) groups is 1. The van der Waals surface area contributed by atoms with Crippen LogP contribution in [0.5, 0.6) is 0 Å². The van der Waals surface area contributed by atoms with Gasteiger partial charge in [-0.1, -0.05) is 20.3 Å². The summed E-state index contributed by atoms with van der Waals surface area (Å²) in [6.07, 6.45) is 3.58. The molecule has 0 radical (unpaired) electrons. The molecule has 0 saturated heterocycles. The van der Waals surface area contributed by atoms with Crippen molar-refractivity contribution in [3.63, 3.8) is 0 Å². The molecule has 3 rings (SSSR count). The van der Waals surface area contributed by atoms with Crippen molar-refractivity contribution in [2.24, 2.45) is 5.92 Å². The number of fused-ring (bicyclic) bond motifs is 1. The largest absolute Gasteiger partial charge is 0.453 e. The van der Waals surface area contributed by atoms with Gasteiger partial charge in [-0.15, -0.1) is 11.3 Å². The van der Waals surface area contributed by atoms with Crippen LogP contribution >= 0.6 is 11.3 Å². The fourth-order valence-electron chi connectivity index (χ4n) is 2.70. The van der Waals surface area contributed by atoms with Crippen LogP contribution in [0.25, 0.3) is 10.2 Å². The number of aromatic amines is 2. The molecule has 1 atom stereocenters. The van der Waals surface area contributed by atoms with Gasteiger partial charge in [-0.2, -0.15) is 0 Å². The summed E-state index contributed by atoms with van der Waals surface area (Å²) in [7, 11) is 0. The molecule has 0 fully saturated rings. The molecule has 0 amide bonds. The first-order valence-corrected chi connectivity index (χ1v) is 9.13. The summed E-state index contributed by atoms with van der Waals surface area (Å²) in [6, 6.07) is 3.35. The summed E-state index contributed by atoms with van der Waals surface area (Å²) >= 11 is 1.51. The average molecular weight is 359 g/mol. The van der Waals surface area contributed by atoms with Gasteiger partial charge in [0.15, 0.2) is 0 Å². The number of hydrogen-bond acceptors (Lipinski definition) is 5. The Hall–Kier alpha value is -2.41. The molecule has 6 nitrogen and oxygen atoms in total. The van der Waals surface area contributed by atoms with Crippen LogP contribution in [-0.2, 0) is 17.8 Å². The van der Waals surface area contributed by atoms with Crippen LogP contribution in [0, 0.1) is 12.8 Å². The second kappa shape index (κ2) is 7.23. The maximum Gasteiger partial charge on any atom is 0.355 e. The van der Waals surface area contributed by atoms with Crippen molar-refractivity contribution in [2.45, 2.75) is 40.2 Å². The van der Waals surface area contributed by atoms with E-state index < -0.39 is 5.97 Å². The molecule has 0 aliphatic heterocycles. The smallest absolute Gasteiger partial charge is 0.355 e. The quantitative estimate of drug-likeness (QED) is 0.659. The van der Waals surface area contributed by atoms with Crippen LogP contribution < -0.4 is 5.56 Å². The molecule has 0 spiro atoms. The number of rotatable bonds is 6. The fraction of sp³-hybridized carbons (Fsp3) is 0.389. The van der Waals surface area contributed by atoms with Gasteiger partial charge >= 0.3 is 5.97 Å². The first-order valence-electron chi connectivity index (χ1n) is 8.31. The third-order valence-corrected chi connectivity index (χ3v) is 5.36. The molecule has 0 unspecified atom stereocenters. The second-order valence-corrected chi connectivity index (χ2v) is 7.41. The van der Waals surface area contributed by atoms with Crippen LogP contribution in [0.3, 0.4) is 0 Å². The van der Waals surface area contributed by atoms with Gasteiger partial charge in [-0.3, -0.25) is 4.79 Å². The topological polar surface area (TPSA) is 87.8 Å². The van der Waals surface area contributed by atoms with E-state index in [1.54, 1.807) is 18.3 Å². The zero-order valence-electron chi connectivity index (χ0n) is 14.5. The van der Waals surface area contributed by atoms with Gasteiger partial charge in [-0.25, -0.2) is 9.78 Å². The number of nitrogens with zero attached hydrogens (tertiary/aromatic N) is 1. The molecule has 0 aliphatic rings. The fourth-order valence-corrected chi connectivity index (χ4v) is 3.77. The molecule has 3 aromatic rings. The van der Waals surface area contributed by atoms with Crippen molar-refractivity contribution >= 4 is 27.5 Å². The van der Waals surface area contributed by atoms with Gasteiger partial charge < -0.3 is 14.7 Å². The van der Waals surface area contributed by atoms with Crippen LogP contribution in [0.15, 0.2) is 23.1 Å². The molecular weight excluding hydrogens is 338 g/mol. The van der Waals surface area contributed by atoms with E-state index in [1.807, 2.05) is 6.92 Å². The number of hydrogen-bond donors (Lipinski definition) is 2. The lowest BCUT2D eigenvalue weighted by molar-refractivity contribution is 0.0456. The molecular formula is C18H21N3O3S. The van der Waals surface area contributed by atoms with Gasteiger partial charge in [0.1, 0.15) is 23.0 Å². The van der Waals surface area contributed by atoms with E-state index in [-0.39, 0.29) is 12.2 Å². The Morgan fingerprint density at radius 2 is 2.24 bits per heavy atom. The summed E-state index contributed by atoms with van der Waals surface area (Å²) in [5.41, 5.74) is 1.28. The van der Waals surface area contributed by atoms with Gasteiger partial charge in [0, 0.05) is 11.1 Å². The highest BCUT2D eigenvalue weighted by atomic mass is 32.1. The Morgan fingerprint density at radius 1 is 1.44 bits per heavy atom. The minimum absolute atomic E-state index is 0.0688. The third kappa shape index (κ3) is 3.66. The molecule has 7 heteroatoms. The zero-order valence-corrected chi connectivity index (χ0v) is 15.3. The summed E-state index contributed by atoms with van der Waals surface area (Å²) < 4.78 is 5.20. The first kappa shape index (κ1) is 17.4. The van der Waals surface area contributed by atoms with Crippen molar-refractivity contribution in [3.8, 4) is 0 Å². The SMILES string of the molecule is CC[C@H](C)Cc1c(C)sc2nc(COC(=O)c3ccc[nH]3)[nH]c(=O)c12. The maximum absolute atomic E-state index is 12.5. The highest BCUT2D eigenvalue weighted by Crippen LogP contribution is 2.29. The normalized spacial score (nSPS) is 12.4. The minimum Gasteiger partial charge on any atom is -0.453 e. The van der Waals surface area contributed by atoms with Gasteiger partial charge in [-0.05, 0) is 37.0 Å². The standard InChI is InChI=1S/C18H21N3O3S/c1-4-10(2)8-12-11(3)25-17-15(12)16(22)20-14(21-17)9-24-18(23)13-6-5-7-19-13/h5-7,10,19H,4,8-9H2,1-3H3,(H,20,21,22)/t10-/m0/s1. The van der Waals surface area contributed by atoms with Crippen LogP contribution in [0.1, 0.15) is 47.0 Å². The number of aromatic nitrogens is 3. The number of nitrogens with one attached hydrogen (secondary N) is 2. The Kier molecular flexibility index (Phi) is 5.03. The lowest BCUT2D eigenvalue weighted by Crippen LogP contribution is -2.15. The van der Waals surface area contributed by atoms with Crippen LogP contribution in [0.4, 0.5) is 0 Å². The second-order valence-electron chi connectivity index (χ2n) is 6.21. The van der Waals surface area contributed by atoms with Crippen molar-refractivity contribution < 1.29 is 9.53 Å². The molecule has 25 heavy (non-hydrogen) atoms. The number of ether oxygens (including phenoxy) is 1. The lowest BCUT2D eigenvalue weighted by atomic mass is 9.98. The van der Waals surface area contributed by atoms with E-state index in [1.165, 1.54) is 11.3 Å². The van der Waals surface area contributed by atoms with Crippen LogP contribution in [-0.4, -0.2) is 20.9 Å². The van der Waals surface area contributed by atoms with E-state index in [0.717, 1.165) is 23.3 Å². The average Bonchev–Trinajstić information content (AvgIpc) is 3.21. The lowest BCUT2D eigenvalue weighted by Gasteiger charge is -2.08. The molecule has 0 bridgehead atoms. The zero-order chi connectivity index (χ0) is 18.0. The Labute approximate surface area is 149 Å². The van der Waals surface area contributed by atoms with E-state index in [2.05, 4.69) is 28.8 Å². The number of H-pyrrole nitrogens is 2. The van der Waals surface area contributed by atoms with Crippen molar-refractivity contribution in [1.29, 1.82) is 0 Å². The van der Waals surface area contributed by atoms with Crippen molar-refractivity contribution in [1.82, 2.24) is 15.0 Å². The molecule has 0 aromatic carbocycles.